The zero-order valence-corrected chi connectivity index (χ0v) is 15.4. The maximum atomic E-state index is 12.5. The van der Waals surface area contributed by atoms with E-state index in [0.29, 0.717) is 12.8 Å². The molecule has 4 rings (SSSR count). The number of likely N-dealkylation sites (tertiary alicyclic amines) is 1. The number of piperidine rings is 1. The smallest absolute Gasteiger partial charge is 0.231 e. The number of carbonyl (C=O) groups excluding carboxylic acids is 1. The minimum Gasteiger partial charge on any atom is -0.454 e. The van der Waals surface area contributed by atoms with E-state index in [4.69, 9.17) is 9.47 Å². The van der Waals surface area contributed by atoms with Crippen molar-refractivity contribution < 1.29 is 19.4 Å². The summed E-state index contributed by atoms with van der Waals surface area (Å²) >= 11 is 1.60. The van der Waals surface area contributed by atoms with Crippen LogP contribution in [-0.4, -0.2) is 35.8 Å². The van der Waals surface area contributed by atoms with Crippen molar-refractivity contribution in [2.24, 2.45) is 5.92 Å². The monoisotopic (exact) mass is 373 g/mol. The number of aliphatic hydroxyl groups excluding tert-OH is 1. The van der Waals surface area contributed by atoms with Crippen molar-refractivity contribution in [3.63, 3.8) is 0 Å². The number of aryl methyl sites for hydroxylation is 1. The molecular weight excluding hydrogens is 350 g/mol. The van der Waals surface area contributed by atoms with Crippen LogP contribution < -0.4 is 9.47 Å². The number of aliphatic hydroxyl groups is 1. The van der Waals surface area contributed by atoms with E-state index in [1.807, 2.05) is 40.6 Å². The minimum atomic E-state index is -0.402. The largest absolute Gasteiger partial charge is 0.454 e. The Balaban J connectivity index is 1.26. The fraction of sp³-hybridized carbons (Fsp3) is 0.450. The number of ether oxygens (including phenoxy) is 2. The number of thiophene rings is 1. The second-order valence-corrected chi connectivity index (χ2v) is 7.85. The van der Waals surface area contributed by atoms with Gasteiger partial charge in [0.05, 0.1) is 6.10 Å². The molecule has 5 nitrogen and oxygen atoms in total. The van der Waals surface area contributed by atoms with E-state index in [1.165, 1.54) is 0 Å². The predicted octanol–water partition coefficient (Wildman–Crippen LogP) is 3.38. The Morgan fingerprint density at radius 1 is 1.23 bits per heavy atom. The molecular formula is C20H23NO4S. The summed E-state index contributed by atoms with van der Waals surface area (Å²) in [5.74, 6) is 1.96. The van der Waals surface area contributed by atoms with Gasteiger partial charge < -0.3 is 19.5 Å². The Morgan fingerprint density at radius 3 is 2.81 bits per heavy atom. The van der Waals surface area contributed by atoms with Gasteiger partial charge in [-0.3, -0.25) is 4.79 Å². The maximum absolute atomic E-state index is 12.5. The lowest BCUT2D eigenvalue weighted by molar-refractivity contribution is -0.133. The van der Waals surface area contributed by atoms with Gasteiger partial charge in [0.2, 0.25) is 12.7 Å². The van der Waals surface area contributed by atoms with Crippen molar-refractivity contribution in [2.75, 3.05) is 19.9 Å². The zero-order chi connectivity index (χ0) is 17.9. The molecule has 2 aliphatic heterocycles. The van der Waals surface area contributed by atoms with Crippen LogP contribution in [0, 0.1) is 5.92 Å². The Morgan fingerprint density at radius 2 is 2.04 bits per heavy atom. The summed E-state index contributed by atoms with van der Waals surface area (Å²) in [7, 11) is 0. The van der Waals surface area contributed by atoms with Gasteiger partial charge in [-0.1, -0.05) is 12.1 Å². The summed E-state index contributed by atoms with van der Waals surface area (Å²) < 4.78 is 10.7. The molecule has 1 unspecified atom stereocenters. The van der Waals surface area contributed by atoms with E-state index in [-0.39, 0.29) is 18.6 Å². The van der Waals surface area contributed by atoms with Crippen LogP contribution in [0.5, 0.6) is 11.5 Å². The summed E-state index contributed by atoms with van der Waals surface area (Å²) in [4.78, 5) is 15.5. The number of amides is 1. The highest BCUT2D eigenvalue weighted by atomic mass is 32.1. The molecule has 0 spiro atoms. The van der Waals surface area contributed by atoms with Crippen LogP contribution in [-0.2, 0) is 11.2 Å². The van der Waals surface area contributed by atoms with Crippen LogP contribution >= 0.6 is 11.3 Å². The quantitative estimate of drug-likeness (QED) is 0.873. The summed E-state index contributed by atoms with van der Waals surface area (Å²) in [6.45, 7) is 1.73. The molecule has 138 valence electrons. The van der Waals surface area contributed by atoms with Crippen molar-refractivity contribution in [3.8, 4) is 11.5 Å². The Bertz CT molecular complexity index is 753. The molecule has 1 saturated heterocycles. The van der Waals surface area contributed by atoms with E-state index in [2.05, 4.69) is 0 Å². The zero-order valence-electron chi connectivity index (χ0n) is 14.6. The van der Waals surface area contributed by atoms with Crippen LogP contribution in [0.3, 0.4) is 0 Å². The molecule has 0 aliphatic carbocycles. The third-order valence-electron chi connectivity index (χ3n) is 5.24. The van der Waals surface area contributed by atoms with Gasteiger partial charge >= 0.3 is 0 Å². The molecule has 2 aliphatic rings. The van der Waals surface area contributed by atoms with Gasteiger partial charge in [0, 0.05) is 24.4 Å². The summed E-state index contributed by atoms with van der Waals surface area (Å²) in [6.07, 6.45) is 2.51. The number of hydrogen-bond donors (Lipinski definition) is 1. The third-order valence-corrected chi connectivity index (χ3v) is 6.18. The maximum Gasteiger partial charge on any atom is 0.231 e. The lowest BCUT2D eigenvalue weighted by Crippen LogP contribution is -2.39. The third kappa shape index (κ3) is 3.71. The van der Waals surface area contributed by atoms with Crippen molar-refractivity contribution in [1.82, 2.24) is 4.90 Å². The standard InChI is InChI=1S/C20H23NO4S/c22-19(6-4-14-3-5-16-17(12-14)25-13-24-16)21-9-7-15(8-10-21)20(23)18-2-1-11-26-18/h1-3,5,11-12,15,20,23H,4,6-10,13H2. The number of fused-ring (bicyclic) bond motifs is 1. The Labute approximate surface area is 157 Å². The van der Waals surface area contributed by atoms with Crippen LogP contribution in [0.25, 0.3) is 0 Å². The van der Waals surface area contributed by atoms with Crippen LogP contribution in [0.4, 0.5) is 0 Å². The van der Waals surface area contributed by atoms with E-state index in [9.17, 15) is 9.90 Å². The molecule has 0 radical (unpaired) electrons. The molecule has 1 atom stereocenters. The first kappa shape index (κ1) is 17.4. The predicted molar refractivity (Wildman–Crippen MR) is 99.5 cm³/mol. The fourth-order valence-electron chi connectivity index (χ4n) is 3.66. The van der Waals surface area contributed by atoms with Crippen molar-refractivity contribution in [2.45, 2.75) is 31.8 Å². The first-order valence-corrected chi connectivity index (χ1v) is 9.96. The molecule has 0 saturated carbocycles. The van der Waals surface area contributed by atoms with Gasteiger partial charge in [0.25, 0.3) is 0 Å². The van der Waals surface area contributed by atoms with Gasteiger partial charge in [-0.25, -0.2) is 0 Å². The number of benzene rings is 1. The first-order chi connectivity index (χ1) is 12.7. The number of hydrogen-bond acceptors (Lipinski definition) is 5. The average molecular weight is 373 g/mol. The molecule has 1 amide bonds. The van der Waals surface area contributed by atoms with Gasteiger partial charge in [0.1, 0.15) is 0 Å². The minimum absolute atomic E-state index is 0.187. The number of carbonyl (C=O) groups is 1. The summed E-state index contributed by atoms with van der Waals surface area (Å²) in [5.41, 5.74) is 1.09. The van der Waals surface area contributed by atoms with Crippen LogP contribution in [0.15, 0.2) is 35.7 Å². The lowest BCUT2D eigenvalue weighted by Gasteiger charge is -2.34. The molecule has 1 aromatic heterocycles. The molecule has 6 heteroatoms. The van der Waals surface area contributed by atoms with Crippen LogP contribution in [0.2, 0.25) is 0 Å². The average Bonchev–Trinajstić information content (AvgIpc) is 3.37. The summed E-state index contributed by atoms with van der Waals surface area (Å²) in [6, 6.07) is 9.81. The van der Waals surface area contributed by atoms with Crippen LogP contribution in [0.1, 0.15) is 35.8 Å². The highest BCUT2D eigenvalue weighted by Crippen LogP contribution is 2.34. The van der Waals surface area contributed by atoms with E-state index in [0.717, 1.165) is 47.9 Å². The van der Waals surface area contributed by atoms with Crippen molar-refractivity contribution in [3.05, 3.63) is 46.2 Å². The Hall–Kier alpha value is -2.05. The van der Waals surface area contributed by atoms with E-state index in [1.54, 1.807) is 11.3 Å². The van der Waals surface area contributed by atoms with Gasteiger partial charge in [-0.2, -0.15) is 0 Å². The summed E-state index contributed by atoms with van der Waals surface area (Å²) in [5, 5.41) is 12.5. The fourth-order valence-corrected chi connectivity index (χ4v) is 4.47. The number of nitrogens with zero attached hydrogens (tertiary/aromatic N) is 1. The molecule has 0 bridgehead atoms. The molecule has 1 fully saturated rings. The van der Waals surface area contributed by atoms with Crippen molar-refractivity contribution in [1.29, 1.82) is 0 Å². The molecule has 1 N–H and O–H groups in total. The first-order valence-electron chi connectivity index (χ1n) is 9.08. The van der Waals surface area contributed by atoms with Crippen molar-refractivity contribution >= 4 is 17.2 Å². The number of rotatable bonds is 5. The second-order valence-electron chi connectivity index (χ2n) is 6.87. The van der Waals surface area contributed by atoms with E-state index >= 15 is 0 Å². The van der Waals surface area contributed by atoms with Gasteiger partial charge in [-0.15, -0.1) is 11.3 Å². The molecule has 26 heavy (non-hydrogen) atoms. The van der Waals surface area contributed by atoms with E-state index < -0.39 is 6.10 Å². The second kappa shape index (κ2) is 7.68. The highest BCUT2D eigenvalue weighted by Gasteiger charge is 2.28. The topological polar surface area (TPSA) is 59.0 Å². The molecule has 3 heterocycles. The normalized spacial score (nSPS) is 18.1. The SMILES string of the molecule is O=C(CCc1ccc2c(c1)OCO2)N1CCC(C(O)c2cccs2)CC1. The molecule has 2 aromatic rings. The van der Waals surface area contributed by atoms with Gasteiger partial charge in [-0.05, 0) is 54.3 Å². The highest BCUT2D eigenvalue weighted by molar-refractivity contribution is 7.10. The lowest BCUT2D eigenvalue weighted by atomic mass is 9.90. The molecule has 1 aromatic carbocycles. The Kier molecular flexibility index (Phi) is 5.13. The van der Waals surface area contributed by atoms with Gasteiger partial charge in [0.15, 0.2) is 11.5 Å².